The highest BCUT2D eigenvalue weighted by atomic mass is 15.2. The van der Waals surface area contributed by atoms with Gasteiger partial charge in [-0.3, -0.25) is 0 Å². The molecule has 1 aliphatic heterocycles. The molecule has 1 unspecified atom stereocenters. The molecule has 4 aromatic carbocycles. The largest absolute Gasteiger partial charge is 0.388 e. The molecule has 2 heteroatoms. The van der Waals surface area contributed by atoms with Crippen molar-refractivity contribution in [1.82, 2.24) is 0 Å². The Kier molecular flexibility index (Phi) is 9.59. The first-order valence-electron chi connectivity index (χ1n) is 16.1. The van der Waals surface area contributed by atoms with Crippen LogP contribution in [-0.4, -0.2) is 13.6 Å². The molecule has 4 aromatic rings. The summed E-state index contributed by atoms with van der Waals surface area (Å²) in [6.07, 6.45) is 18.5. The van der Waals surface area contributed by atoms with E-state index in [0.29, 0.717) is 0 Å². The second-order valence-corrected chi connectivity index (χ2v) is 12.9. The van der Waals surface area contributed by atoms with Crippen LogP contribution in [0.15, 0.2) is 133 Å². The third-order valence-electron chi connectivity index (χ3n) is 9.14. The lowest BCUT2D eigenvalue weighted by atomic mass is 9.72. The van der Waals surface area contributed by atoms with E-state index in [2.05, 4.69) is 172 Å². The normalized spacial score (nSPS) is 16.9. The lowest BCUT2D eigenvalue weighted by Gasteiger charge is -2.33. The Morgan fingerprint density at radius 3 is 2.34 bits per heavy atom. The summed E-state index contributed by atoms with van der Waals surface area (Å²) in [6.45, 7) is 12.6. The SMILES string of the molecule is CCCN1/C(=C/C=C/C=C/C=C/CC(C)(Cc2ccccc2)c2c(NC)ccc3ccccc23)C(C)(C)c2cc(C)ccc21. The molecule has 0 saturated heterocycles. The van der Waals surface area contributed by atoms with Gasteiger partial charge in [-0.1, -0.05) is 143 Å². The quantitative estimate of drug-likeness (QED) is 0.178. The molecule has 0 amide bonds. The number of anilines is 2. The number of benzene rings is 4. The molecular weight excluding hydrogens is 532 g/mol. The van der Waals surface area contributed by atoms with Gasteiger partial charge in [0.25, 0.3) is 0 Å². The first kappa shape index (κ1) is 31.1. The van der Waals surface area contributed by atoms with Gasteiger partial charge in [-0.05, 0) is 71.9 Å². The van der Waals surface area contributed by atoms with Crippen molar-refractivity contribution in [3.05, 3.63) is 155 Å². The van der Waals surface area contributed by atoms with Crippen LogP contribution in [0.2, 0.25) is 0 Å². The summed E-state index contributed by atoms with van der Waals surface area (Å²) in [7, 11) is 2.03. The van der Waals surface area contributed by atoms with Gasteiger partial charge in [0, 0.05) is 41.5 Å². The zero-order chi connectivity index (χ0) is 31.2. The van der Waals surface area contributed by atoms with Crippen molar-refractivity contribution in [2.24, 2.45) is 0 Å². The van der Waals surface area contributed by atoms with E-state index in [1.165, 1.54) is 50.1 Å². The van der Waals surface area contributed by atoms with Gasteiger partial charge in [-0.15, -0.1) is 0 Å². The van der Waals surface area contributed by atoms with Gasteiger partial charge in [0.15, 0.2) is 0 Å². The molecule has 0 fully saturated rings. The molecule has 1 aliphatic rings. The molecule has 0 radical (unpaired) electrons. The predicted octanol–water partition coefficient (Wildman–Crippen LogP) is 10.8. The minimum absolute atomic E-state index is 0.0124. The third-order valence-corrected chi connectivity index (χ3v) is 9.14. The number of nitrogens with zero attached hydrogens (tertiary/aromatic N) is 1. The molecule has 226 valence electrons. The molecule has 2 nitrogen and oxygen atoms in total. The van der Waals surface area contributed by atoms with Crippen LogP contribution < -0.4 is 10.2 Å². The molecule has 1 N–H and O–H groups in total. The number of rotatable bonds is 11. The van der Waals surface area contributed by atoms with E-state index in [-0.39, 0.29) is 10.8 Å². The maximum Gasteiger partial charge on any atom is 0.0450 e. The van der Waals surface area contributed by atoms with Gasteiger partial charge >= 0.3 is 0 Å². The first-order valence-corrected chi connectivity index (χ1v) is 16.1. The average Bonchev–Trinajstić information content (AvgIpc) is 3.23. The topological polar surface area (TPSA) is 15.3 Å². The molecule has 1 heterocycles. The number of hydrogen-bond acceptors (Lipinski definition) is 2. The van der Waals surface area contributed by atoms with E-state index < -0.39 is 0 Å². The molecule has 0 bridgehead atoms. The third kappa shape index (κ3) is 6.45. The summed E-state index contributed by atoms with van der Waals surface area (Å²) in [5.41, 5.74) is 9.31. The summed E-state index contributed by atoms with van der Waals surface area (Å²) in [5.74, 6) is 0. The molecular formula is C42H48N2. The zero-order valence-corrected chi connectivity index (χ0v) is 27.4. The highest BCUT2D eigenvalue weighted by molar-refractivity contribution is 5.91. The zero-order valence-electron chi connectivity index (χ0n) is 27.4. The number of fused-ring (bicyclic) bond motifs is 2. The Morgan fingerprint density at radius 2 is 1.57 bits per heavy atom. The molecule has 0 spiro atoms. The lowest BCUT2D eigenvalue weighted by molar-refractivity contribution is 0.480. The second-order valence-electron chi connectivity index (χ2n) is 12.9. The first-order chi connectivity index (χ1) is 21.3. The summed E-state index contributed by atoms with van der Waals surface area (Å²) < 4.78 is 0. The fraction of sp³-hybridized carbons (Fsp3) is 0.286. The van der Waals surface area contributed by atoms with Crippen molar-refractivity contribution in [3.63, 3.8) is 0 Å². The Balaban J connectivity index is 1.36. The van der Waals surface area contributed by atoms with Crippen molar-refractivity contribution < 1.29 is 0 Å². The number of allylic oxidation sites excluding steroid dienone is 8. The molecule has 0 aliphatic carbocycles. The van der Waals surface area contributed by atoms with Gasteiger partial charge in [0.05, 0.1) is 0 Å². The Labute approximate surface area is 265 Å². The standard InChI is InChI=1S/C42H48N2/c1-7-29-44-38-27-24-32(2)30-36(38)41(3,4)39(44)23-15-10-8-9-11-18-28-42(5,31-33-19-13-12-14-20-33)40-35-22-17-16-21-34(35)25-26-37(40)43-6/h8-27,30,43H,7,28-29,31H2,1-6H3/b9-8+,15-10+,18-11+,39-23+. The van der Waals surface area contributed by atoms with E-state index in [9.17, 15) is 0 Å². The van der Waals surface area contributed by atoms with Crippen LogP contribution in [0.4, 0.5) is 11.4 Å². The van der Waals surface area contributed by atoms with Crippen LogP contribution >= 0.6 is 0 Å². The van der Waals surface area contributed by atoms with Crippen LogP contribution in [0.1, 0.15) is 62.8 Å². The van der Waals surface area contributed by atoms with Crippen molar-refractivity contribution in [2.75, 3.05) is 23.8 Å². The highest BCUT2D eigenvalue weighted by Gasteiger charge is 2.39. The highest BCUT2D eigenvalue weighted by Crippen LogP contribution is 2.48. The fourth-order valence-corrected chi connectivity index (χ4v) is 6.94. The average molecular weight is 581 g/mol. The second kappa shape index (κ2) is 13.6. The smallest absolute Gasteiger partial charge is 0.0450 e. The van der Waals surface area contributed by atoms with Gasteiger partial charge in [-0.2, -0.15) is 0 Å². The Bertz CT molecular complexity index is 1700. The van der Waals surface area contributed by atoms with Crippen LogP contribution in [-0.2, 0) is 17.3 Å². The van der Waals surface area contributed by atoms with Crippen molar-refractivity contribution >= 4 is 22.1 Å². The molecule has 1 atom stereocenters. The number of hydrogen-bond donors (Lipinski definition) is 1. The number of aryl methyl sites for hydroxylation is 1. The fourth-order valence-electron chi connectivity index (χ4n) is 6.94. The maximum absolute atomic E-state index is 3.50. The summed E-state index contributed by atoms with van der Waals surface area (Å²) >= 11 is 0. The minimum Gasteiger partial charge on any atom is -0.388 e. The summed E-state index contributed by atoms with van der Waals surface area (Å²) in [4.78, 5) is 2.50. The Morgan fingerprint density at radius 1 is 0.841 bits per heavy atom. The van der Waals surface area contributed by atoms with E-state index in [0.717, 1.165) is 25.8 Å². The van der Waals surface area contributed by atoms with Gasteiger partial charge in [0.1, 0.15) is 0 Å². The Hall–Kier alpha value is -4.30. The van der Waals surface area contributed by atoms with Crippen LogP contribution in [0, 0.1) is 6.92 Å². The van der Waals surface area contributed by atoms with Crippen molar-refractivity contribution in [1.29, 1.82) is 0 Å². The molecule has 0 aromatic heterocycles. The summed E-state index contributed by atoms with van der Waals surface area (Å²) in [6, 6.07) is 31.0. The van der Waals surface area contributed by atoms with Gasteiger partial charge < -0.3 is 10.2 Å². The van der Waals surface area contributed by atoms with Crippen molar-refractivity contribution in [2.45, 2.75) is 64.7 Å². The van der Waals surface area contributed by atoms with Gasteiger partial charge in [0.2, 0.25) is 0 Å². The minimum atomic E-state index is -0.0880. The monoisotopic (exact) mass is 580 g/mol. The van der Waals surface area contributed by atoms with E-state index >= 15 is 0 Å². The molecule has 5 rings (SSSR count). The molecule has 0 saturated carbocycles. The van der Waals surface area contributed by atoms with Crippen molar-refractivity contribution in [3.8, 4) is 0 Å². The van der Waals surface area contributed by atoms with E-state index in [1.807, 2.05) is 7.05 Å². The van der Waals surface area contributed by atoms with Crippen LogP contribution in [0.5, 0.6) is 0 Å². The van der Waals surface area contributed by atoms with Crippen LogP contribution in [0.25, 0.3) is 10.8 Å². The predicted molar refractivity (Wildman–Crippen MR) is 193 cm³/mol. The van der Waals surface area contributed by atoms with Crippen LogP contribution in [0.3, 0.4) is 0 Å². The maximum atomic E-state index is 3.50. The number of nitrogens with one attached hydrogen (secondary N) is 1. The summed E-state index contributed by atoms with van der Waals surface area (Å²) in [5, 5.41) is 6.10. The lowest BCUT2D eigenvalue weighted by Crippen LogP contribution is -2.26. The molecule has 44 heavy (non-hydrogen) atoms. The van der Waals surface area contributed by atoms with E-state index in [4.69, 9.17) is 0 Å². The van der Waals surface area contributed by atoms with E-state index in [1.54, 1.807) is 0 Å². The van der Waals surface area contributed by atoms with Gasteiger partial charge in [-0.25, -0.2) is 0 Å².